The van der Waals surface area contributed by atoms with Crippen molar-refractivity contribution in [2.75, 3.05) is 58.4 Å². The van der Waals surface area contributed by atoms with Crippen LogP contribution in [-0.4, -0.2) is 85.3 Å². The molecular weight excluding hydrogens is 530 g/mol. The Morgan fingerprint density at radius 1 is 0.786 bits per heavy atom. The molecule has 1 saturated heterocycles. The quantitative estimate of drug-likeness (QED) is 0.285. The highest BCUT2D eigenvalue weighted by Crippen LogP contribution is 2.31. The zero-order valence-corrected chi connectivity index (χ0v) is 24.0. The maximum Gasteiger partial charge on any atom is 0.254 e. The van der Waals surface area contributed by atoms with E-state index in [4.69, 9.17) is 9.47 Å². The van der Waals surface area contributed by atoms with Gasteiger partial charge < -0.3 is 24.2 Å². The van der Waals surface area contributed by atoms with E-state index >= 15 is 0 Å². The highest BCUT2D eigenvalue weighted by molar-refractivity contribution is 5.96. The number of anilines is 1. The average molecular weight is 566 g/mol. The van der Waals surface area contributed by atoms with E-state index in [1.54, 1.807) is 31.3 Å². The van der Waals surface area contributed by atoms with Crippen LogP contribution in [0.25, 0.3) is 11.3 Å². The number of aromatic nitrogens is 2. The van der Waals surface area contributed by atoms with Crippen LogP contribution in [0.5, 0.6) is 11.5 Å². The van der Waals surface area contributed by atoms with Gasteiger partial charge in [0.05, 0.1) is 19.9 Å². The van der Waals surface area contributed by atoms with Gasteiger partial charge in [-0.05, 0) is 54.4 Å². The van der Waals surface area contributed by atoms with Crippen molar-refractivity contribution in [3.05, 3.63) is 102 Å². The molecule has 0 spiro atoms. The lowest BCUT2D eigenvalue weighted by molar-refractivity contribution is -0.132. The van der Waals surface area contributed by atoms with E-state index in [0.29, 0.717) is 56.2 Å². The van der Waals surface area contributed by atoms with Gasteiger partial charge in [0, 0.05) is 43.9 Å². The van der Waals surface area contributed by atoms with E-state index < -0.39 is 0 Å². The highest BCUT2D eigenvalue weighted by atomic mass is 16.5. The maximum absolute atomic E-state index is 13.4. The normalized spacial score (nSPS) is 13.0. The molecule has 0 N–H and O–H groups in total. The number of benzene rings is 3. The predicted molar refractivity (Wildman–Crippen MR) is 162 cm³/mol. The molecule has 4 aromatic rings. The number of hydrogen-bond donors (Lipinski definition) is 0. The number of carbonyl (C=O) groups is 2. The van der Waals surface area contributed by atoms with E-state index in [1.165, 1.54) is 0 Å². The minimum Gasteiger partial charge on any atom is -0.493 e. The third-order valence-corrected chi connectivity index (χ3v) is 7.43. The van der Waals surface area contributed by atoms with Crippen molar-refractivity contribution >= 4 is 17.6 Å². The number of nitrogens with zero attached hydrogens (tertiary/aromatic N) is 5. The van der Waals surface area contributed by atoms with Crippen molar-refractivity contribution in [3.8, 4) is 22.8 Å². The SMILES string of the molecule is COc1ccc(-c2ccc(N3CCN(C(=O)CN(CCc4ccccc4)C(=O)c4ccccc4)CC3)nn2)cc1OC. The Morgan fingerprint density at radius 3 is 2.12 bits per heavy atom. The minimum absolute atomic E-state index is 0.0421. The molecule has 3 aromatic carbocycles. The monoisotopic (exact) mass is 565 g/mol. The van der Waals surface area contributed by atoms with Crippen LogP contribution in [0.4, 0.5) is 5.82 Å². The third-order valence-electron chi connectivity index (χ3n) is 7.43. The largest absolute Gasteiger partial charge is 0.493 e. The van der Waals surface area contributed by atoms with Gasteiger partial charge in [0.15, 0.2) is 17.3 Å². The lowest BCUT2D eigenvalue weighted by Gasteiger charge is -2.36. The number of hydrogen-bond acceptors (Lipinski definition) is 7. The summed E-state index contributed by atoms with van der Waals surface area (Å²) >= 11 is 0. The third kappa shape index (κ3) is 6.86. The van der Waals surface area contributed by atoms with Gasteiger partial charge in [0.2, 0.25) is 5.91 Å². The summed E-state index contributed by atoms with van der Waals surface area (Å²) in [5.41, 5.74) is 3.32. The number of piperazine rings is 1. The van der Waals surface area contributed by atoms with Gasteiger partial charge in [-0.1, -0.05) is 48.5 Å². The molecule has 1 fully saturated rings. The van der Waals surface area contributed by atoms with Crippen LogP contribution in [0.1, 0.15) is 15.9 Å². The molecule has 216 valence electrons. The number of ether oxygens (including phenoxy) is 2. The van der Waals surface area contributed by atoms with E-state index in [2.05, 4.69) is 15.1 Å². The molecule has 9 heteroatoms. The summed E-state index contributed by atoms with van der Waals surface area (Å²) < 4.78 is 10.7. The van der Waals surface area contributed by atoms with E-state index in [0.717, 1.165) is 22.6 Å². The molecular formula is C33H35N5O4. The van der Waals surface area contributed by atoms with Crippen LogP contribution in [0.15, 0.2) is 91.0 Å². The first-order valence-electron chi connectivity index (χ1n) is 14.0. The molecule has 0 saturated carbocycles. The molecule has 1 aliphatic heterocycles. The Kier molecular flexibility index (Phi) is 9.28. The average Bonchev–Trinajstić information content (AvgIpc) is 3.07. The lowest BCUT2D eigenvalue weighted by atomic mass is 10.1. The molecule has 42 heavy (non-hydrogen) atoms. The van der Waals surface area contributed by atoms with E-state index in [1.807, 2.05) is 83.8 Å². The van der Waals surface area contributed by atoms with Gasteiger partial charge in [-0.15, -0.1) is 10.2 Å². The topological polar surface area (TPSA) is 88.1 Å². The van der Waals surface area contributed by atoms with Gasteiger partial charge in [0.25, 0.3) is 5.91 Å². The number of amides is 2. The smallest absolute Gasteiger partial charge is 0.254 e. The molecule has 1 aliphatic rings. The number of carbonyl (C=O) groups excluding carboxylic acids is 2. The summed E-state index contributed by atoms with van der Waals surface area (Å²) in [4.78, 5) is 32.3. The molecule has 0 bridgehead atoms. The van der Waals surface area contributed by atoms with Crippen molar-refractivity contribution < 1.29 is 19.1 Å². The molecule has 5 rings (SSSR count). The second-order valence-corrected chi connectivity index (χ2v) is 10.0. The van der Waals surface area contributed by atoms with Gasteiger partial charge in [-0.25, -0.2) is 0 Å². The first-order chi connectivity index (χ1) is 20.6. The molecule has 0 unspecified atom stereocenters. The van der Waals surface area contributed by atoms with Gasteiger partial charge in [-0.2, -0.15) is 0 Å². The van der Waals surface area contributed by atoms with E-state index in [-0.39, 0.29) is 18.4 Å². The zero-order chi connectivity index (χ0) is 29.3. The second kappa shape index (κ2) is 13.6. The fraction of sp³-hybridized carbons (Fsp3) is 0.273. The Morgan fingerprint density at radius 2 is 1.48 bits per heavy atom. The highest BCUT2D eigenvalue weighted by Gasteiger charge is 2.26. The molecule has 1 aromatic heterocycles. The molecule has 2 amide bonds. The standard InChI is InChI=1S/C33H35N5O4/c1-41-29-15-13-27(23-30(29)42-2)28-14-16-31(35-34-28)36-19-21-37(22-20-36)32(39)24-38(18-17-25-9-5-3-6-10-25)33(40)26-11-7-4-8-12-26/h3-16,23H,17-22,24H2,1-2H3. The Bertz CT molecular complexity index is 1470. The summed E-state index contributed by atoms with van der Waals surface area (Å²) in [6.45, 7) is 2.86. The first-order valence-corrected chi connectivity index (χ1v) is 14.0. The van der Waals surface area contributed by atoms with Crippen molar-refractivity contribution in [3.63, 3.8) is 0 Å². The fourth-order valence-electron chi connectivity index (χ4n) is 5.02. The van der Waals surface area contributed by atoms with Crippen molar-refractivity contribution in [1.82, 2.24) is 20.0 Å². The van der Waals surface area contributed by atoms with Crippen molar-refractivity contribution in [2.24, 2.45) is 0 Å². The van der Waals surface area contributed by atoms with Crippen LogP contribution >= 0.6 is 0 Å². The van der Waals surface area contributed by atoms with Crippen LogP contribution < -0.4 is 14.4 Å². The molecule has 9 nitrogen and oxygen atoms in total. The summed E-state index contributed by atoms with van der Waals surface area (Å²) in [6.07, 6.45) is 0.679. The van der Waals surface area contributed by atoms with E-state index in [9.17, 15) is 9.59 Å². The van der Waals surface area contributed by atoms with Gasteiger partial charge in [0.1, 0.15) is 6.54 Å². The van der Waals surface area contributed by atoms with Crippen molar-refractivity contribution in [2.45, 2.75) is 6.42 Å². The molecule has 0 radical (unpaired) electrons. The second-order valence-electron chi connectivity index (χ2n) is 10.0. The van der Waals surface area contributed by atoms with Gasteiger partial charge >= 0.3 is 0 Å². The summed E-state index contributed by atoms with van der Waals surface area (Å²) in [5.74, 6) is 1.85. The van der Waals surface area contributed by atoms with Crippen molar-refractivity contribution in [1.29, 1.82) is 0 Å². The first kappa shape index (κ1) is 28.6. The van der Waals surface area contributed by atoms with Crippen LogP contribution in [0, 0.1) is 0 Å². The lowest BCUT2D eigenvalue weighted by Crippen LogP contribution is -2.52. The number of methoxy groups -OCH3 is 2. The van der Waals surface area contributed by atoms with Crippen LogP contribution in [0.3, 0.4) is 0 Å². The minimum atomic E-state index is -0.136. The summed E-state index contributed by atoms with van der Waals surface area (Å²) in [7, 11) is 3.20. The summed E-state index contributed by atoms with van der Waals surface area (Å²) in [5, 5.41) is 8.88. The Hall–Kier alpha value is -4.92. The Balaban J connectivity index is 1.19. The Labute approximate surface area is 246 Å². The molecule has 2 heterocycles. The predicted octanol–water partition coefficient (Wildman–Crippen LogP) is 4.19. The van der Waals surface area contributed by atoms with Crippen LogP contribution in [0.2, 0.25) is 0 Å². The molecule has 0 atom stereocenters. The number of rotatable bonds is 10. The maximum atomic E-state index is 13.4. The molecule has 0 aliphatic carbocycles. The van der Waals surface area contributed by atoms with Crippen LogP contribution in [-0.2, 0) is 11.2 Å². The zero-order valence-electron chi connectivity index (χ0n) is 24.0. The van der Waals surface area contributed by atoms with Gasteiger partial charge in [-0.3, -0.25) is 9.59 Å². The summed E-state index contributed by atoms with van der Waals surface area (Å²) in [6, 6.07) is 28.7. The fourth-order valence-corrected chi connectivity index (χ4v) is 5.02.